The van der Waals surface area contributed by atoms with E-state index in [0.717, 1.165) is 11.1 Å². The van der Waals surface area contributed by atoms with Gasteiger partial charge in [0.1, 0.15) is 12.4 Å². The van der Waals surface area contributed by atoms with E-state index in [0.29, 0.717) is 34.1 Å². The van der Waals surface area contributed by atoms with Crippen LogP contribution in [0.25, 0.3) is 0 Å². The second-order valence-corrected chi connectivity index (χ2v) is 7.26. The largest absolute Gasteiger partial charge is 0.493 e. The standard InChI is InChI=1S/C25H22ClFN2O3/c1-3-4-20-13-18(15-28-29-25(30)19-7-9-21(26)10-8-19)14-23(31-2)24(20)32-16-17-5-11-22(27)12-6-17/h3,5-15H,1,4,16H2,2H3,(H,29,30)/b28-15-. The number of hydrogen-bond acceptors (Lipinski definition) is 4. The maximum atomic E-state index is 13.1. The van der Waals surface area contributed by atoms with Gasteiger partial charge in [-0.2, -0.15) is 5.10 Å². The smallest absolute Gasteiger partial charge is 0.271 e. The Labute approximate surface area is 191 Å². The van der Waals surface area contributed by atoms with Gasteiger partial charge in [-0.05, 0) is 66.1 Å². The average molecular weight is 453 g/mol. The molecule has 164 valence electrons. The second-order valence-electron chi connectivity index (χ2n) is 6.83. The third-order valence-corrected chi connectivity index (χ3v) is 4.77. The number of benzene rings is 3. The lowest BCUT2D eigenvalue weighted by Gasteiger charge is -2.16. The summed E-state index contributed by atoms with van der Waals surface area (Å²) < 4.78 is 24.6. The highest BCUT2D eigenvalue weighted by molar-refractivity contribution is 6.30. The molecule has 0 aliphatic heterocycles. The van der Waals surface area contributed by atoms with Gasteiger partial charge in [0.2, 0.25) is 0 Å². The van der Waals surface area contributed by atoms with Crippen molar-refractivity contribution >= 4 is 23.7 Å². The Kier molecular flexibility index (Phi) is 8.00. The van der Waals surface area contributed by atoms with E-state index in [2.05, 4.69) is 17.1 Å². The Bertz CT molecular complexity index is 1110. The third kappa shape index (κ3) is 6.18. The minimum absolute atomic E-state index is 0.255. The number of halogens is 2. The quantitative estimate of drug-likeness (QED) is 0.263. The van der Waals surface area contributed by atoms with Gasteiger partial charge in [-0.25, -0.2) is 9.82 Å². The van der Waals surface area contributed by atoms with E-state index >= 15 is 0 Å². The predicted octanol–water partition coefficient (Wildman–Crippen LogP) is 5.56. The molecule has 0 bridgehead atoms. The van der Waals surface area contributed by atoms with Crippen LogP contribution in [0, 0.1) is 5.82 Å². The van der Waals surface area contributed by atoms with Crippen LogP contribution in [0.4, 0.5) is 4.39 Å². The lowest BCUT2D eigenvalue weighted by molar-refractivity contribution is 0.0955. The van der Waals surface area contributed by atoms with E-state index in [1.807, 2.05) is 6.07 Å². The minimum atomic E-state index is -0.351. The van der Waals surface area contributed by atoms with E-state index in [4.69, 9.17) is 21.1 Å². The fraction of sp³-hybridized carbons (Fsp3) is 0.120. The van der Waals surface area contributed by atoms with Gasteiger partial charge in [-0.1, -0.05) is 29.8 Å². The Morgan fingerprint density at radius 2 is 1.88 bits per heavy atom. The van der Waals surface area contributed by atoms with Crippen molar-refractivity contribution in [2.45, 2.75) is 13.0 Å². The number of rotatable bonds is 9. The molecular weight excluding hydrogens is 431 g/mol. The summed E-state index contributed by atoms with van der Waals surface area (Å²) in [6.07, 6.45) is 3.81. The zero-order chi connectivity index (χ0) is 22.9. The predicted molar refractivity (Wildman–Crippen MR) is 124 cm³/mol. The lowest BCUT2D eigenvalue weighted by atomic mass is 10.1. The van der Waals surface area contributed by atoms with Crippen molar-refractivity contribution in [3.8, 4) is 11.5 Å². The van der Waals surface area contributed by atoms with Crippen molar-refractivity contribution in [2.75, 3.05) is 7.11 Å². The fourth-order valence-corrected chi connectivity index (χ4v) is 3.07. The number of ether oxygens (including phenoxy) is 2. The third-order valence-electron chi connectivity index (χ3n) is 4.52. The minimum Gasteiger partial charge on any atom is -0.493 e. The number of nitrogens with one attached hydrogen (secondary N) is 1. The number of carbonyl (C=O) groups excluding carboxylic acids is 1. The molecule has 7 heteroatoms. The van der Waals surface area contributed by atoms with Crippen LogP contribution in [0.5, 0.6) is 11.5 Å². The summed E-state index contributed by atoms with van der Waals surface area (Å²) in [7, 11) is 1.54. The van der Waals surface area contributed by atoms with E-state index in [-0.39, 0.29) is 18.3 Å². The molecule has 1 N–H and O–H groups in total. The summed E-state index contributed by atoms with van der Waals surface area (Å²) >= 11 is 5.84. The summed E-state index contributed by atoms with van der Waals surface area (Å²) in [5, 5.41) is 4.58. The maximum Gasteiger partial charge on any atom is 0.271 e. The Hall–Kier alpha value is -3.64. The fourth-order valence-electron chi connectivity index (χ4n) is 2.95. The summed E-state index contributed by atoms with van der Waals surface area (Å²) in [5.41, 5.74) is 5.31. The first-order valence-electron chi connectivity index (χ1n) is 9.78. The van der Waals surface area contributed by atoms with Crippen LogP contribution in [0.2, 0.25) is 5.02 Å². The van der Waals surface area contributed by atoms with Crippen molar-refractivity contribution in [2.24, 2.45) is 5.10 Å². The molecule has 5 nitrogen and oxygen atoms in total. The van der Waals surface area contributed by atoms with Crippen molar-refractivity contribution in [3.05, 3.63) is 106 Å². The van der Waals surface area contributed by atoms with E-state index in [1.165, 1.54) is 18.3 Å². The SMILES string of the molecule is C=CCc1cc(/C=N\NC(=O)c2ccc(Cl)cc2)cc(OC)c1OCc1ccc(F)cc1. The first kappa shape index (κ1) is 23.0. The van der Waals surface area contributed by atoms with Crippen LogP contribution >= 0.6 is 11.6 Å². The van der Waals surface area contributed by atoms with E-state index in [9.17, 15) is 9.18 Å². The summed E-state index contributed by atoms with van der Waals surface area (Å²) in [6.45, 7) is 4.05. The summed E-state index contributed by atoms with van der Waals surface area (Å²) in [4.78, 5) is 12.2. The van der Waals surface area contributed by atoms with Gasteiger partial charge in [0.15, 0.2) is 11.5 Å². The highest BCUT2D eigenvalue weighted by Gasteiger charge is 2.13. The molecule has 0 radical (unpaired) electrons. The second kappa shape index (κ2) is 11.1. The van der Waals surface area contributed by atoms with E-state index < -0.39 is 0 Å². The van der Waals surface area contributed by atoms with E-state index in [1.54, 1.807) is 55.7 Å². The topological polar surface area (TPSA) is 59.9 Å². The zero-order valence-corrected chi connectivity index (χ0v) is 18.2. The van der Waals surface area contributed by atoms with Crippen LogP contribution < -0.4 is 14.9 Å². The molecule has 1 amide bonds. The molecule has 0 aliphatic rings. The number of carbonyl (C=O) groups is 1. The van der Waals surface area contributed by atoms with Crippen molar-refractivity contribution in [3.63, 3.8) is 0 Å². The number of allylic oxidation sites excluding steroid dienone is 1. The van der Waals surface area contributed by atoms with Gasteiger partial charge >= 0.3 is 0 Å². The molecule has 0 aromatic heterocycles. The molecule has 32 heavy (non-hydrogen) atoms. The molecular formula is C25H22ClFN2O3. The molecule has 0 heterocycles. The van der Waals surface area contributed by atoms with Gasteiger partial charge in [-0.3, -0.25) is 4.79 Å². The first-order chi connectivity index (χ1) is 15.5. The van der Waals surface area contributed by atoms with Gasteiger partial charge in [0.05, 0.1) is 13.3 Å². The molecule has 0 saturated carbocycles. The average Bonchev–Trinajstić information content (AvgIpc) is 2.79. The number of hydrogen-bond donors (Lipinski definition) is 1. The number of amides is 1. The van der Waals surface area contributed by atoms with Crippen molar-refractivity contribution in [1.29, 1.82) is 0 Å². The maximum absolute atomic E-state index is 13.1. The molecule has 0 spiro atoms. The number of nitrogens with zero attached hydrogens (tertiary/aromatic N) is 1. The molecule has 0 aliphatic carbocycles. The van der Waals surface area contributed by atoms with Crippen LogP contribution in [0.15, 0.2) is 78.4 Å². The van der Waals surface area contributed by atoms with Crippen LogP contribution in [-0.2, 0) is 13.0 Å². The first-order valence-corrected chi connectivity index (χ1v) is 10.2. The van der Waals surface area contributed by atoms with Gasteiger partial charge in [0.25, 0.3) is 5.91 Å². The van der Waals surface area contributed by atoms with Crippen LogP contribution in [0.3, 0.4) is 0 Å². The Balaban J connectivity index is 1.76. The zero-order valence-electron chi connectivity index (χ0n) is 17.5. The van der Waals surface area contributed by atoms with Crippen LogP contribution in [-0.4, -0.2) is 19.2 Å². The Morgan fingerprint density at radius 3 is 2.53 bits per heavy atom. The Morgan fingerprint density at radius 1 is 1.16 bits per heavy atom. The van der Waals surface area contributed by atoms with Crippen molar-refractivity contribution in [1.82, 2.24) is 5.43 Å². The van der Waals surface area contributed by atoms with Gasteiger partial charge in [0, 0.05) is 16.1 Å². The summed E-state index contributed by atoms with van der Waals surface area (Å²) in [5.74, 6) is 0.428. The molecule has 0 fully saturated rings. The van der Waals surface area contributed by atoms with Gasteiger partial charge < -0.3 is 9.47 Å². The number of hydrazone groups is 1. The number of methoxy groups -OCH3 is 1. The van der Waals surface area contributed by atoms with Gasteiger partial charge in [-0.15, -0.1) is 6.58 Å². The highest BCUT2D eigenvalue weighted by Crippen LogP contribution is 2.34. The van der Waals surface area contributed by atoms with Crippen molar-refractivity contribution < 1.29 is 18.7 Å². The molecule has 0 atom stereocenters. The monoisotopic (exact) mass is 452 g/mol. The molecule has 3 rings (SSSR count). The molecule has 0 saturated heterocycles. The highest BCUT2D eigenvalue weighted by atomic mass is 35.5. The lowest BCUT2D eigenvalue weighted by Crippen LogP contribution is -2.17. The van der Waals surface area contributed by atoms with Crippen LogP contribution in [0.1, 0.15) is 27.0 Å². The molecule has 0 unspecified atom stereocenters. The molecule has 3 aromatic rings. The molecule has 3 aromatic carbocycles. The normalized spacial score (nSPS) is 10.7. The summed E-state index contributed by atoms with van der Waals surface area (Å²) in [6, 6.07) is 16.2.